The molecule has 1 aromatic carbocycles. The lowest BCUT2D eigenvalue weighted by molar-refractivity contribution is 0.0696. The van der Waals surface area contributed by atoms with E-state index in [0.717, 1.165) is 24.3 Å². The lowest BCUT2D eigenvalue weighted by atomic mass is 10.1. The van der Waals surface area contributed by atoms with Crippen LogP contribution in [0.1, 0.15) is 35.7 Å². The molecule has 3 nitrogen and oxygen atoms in total. The molecule has 0 bridgehead atoms. The molecule has 0 aromatic heterocycles. The van der Waals surface area contributed by atoms with Gasteiger partial charge in [0, 0.05) is 0 Å². The third-order valence-electron chi connectivity index (χ3n) is 2.87. The maximum absolute atomic E-state index is 10.8. The zero-order valence-corrected chi connectivity index (χ0v) is 9.40. The molecule has 0 saturated heterocycles. The standard InChI is InChI=1S/C13H16O3/c1-2-10-5-6-11(13(14)15)7-12(10)16-8-9-3-4-9/h5-7,9H,2-4,8H2,1H3,(H,14,15). The van der Waals surface area contributed by atoms with Crippen molar-refractivity contribution in [1.82, 2.24) is 0 Å². The first kappa shape index (κ1) is 11.0. The van der Waals surface area contributed by atoms with E-state index in [9.17, 15) is 4.79 Å². The molecule has 2 rings (SSSR count). The first-order chi connectivity index (χ1) is 7.70. The Morgan fingerprint density at radius 3 is 2.81 bits per heavy atom. The van der Waals surface area contributed by atoms with E-state index in [1.165, 1.54) is 12.8 Å². The van der Waals surface area contributed by atoms with Crippen molar-refractivity contribution < 1.29 is 14.6 Å². The number of benzene rings is 1. The first-order valence-electron chi connectivity index (χ1n) is 5.69. The highest BCUT2D eigenvalue weighted by molar-refractivity contribution is 5.88. The van der Waals surface area contributed by atoms with Crippen molar-refractivity contribution in [2.45, 2.75) is 26.2 Å². The van der Waals surface area contributed by atoms with Gasteiger partial charge in [-0.1, -0.05) is 13.0 Å². The zero-order valence-electron chi connectivity index (χ0n) is 9.40. The molecular weight excluding hydrogens is 204 g/mol. The number of rotatable bonds is 5. The van der Waals surface area contributed by atoms with Crippen molar-refractivity contribution in [2.75, 3.05) is 6.61 Å². The molecule has 1 aliphatic carbocycles. The van der Waals surface area contributed by atoms with Crippen LogP contribution in [0.15, 0.2) is 18.2 Å². The van der Waals surface area contributed by atoms with Crippen LogP contribution >= 0.6 is 0 Å². The van der Waals surface area contributed by atoms with Gasteiger partial charge in [0.25, 0.3) is 0 Å². The van der Waals surface area contributed by atoms with Crippen molar-refractivity contribution in [2.24, 2.45) is 5.92 Å². The van der Waals surface area contributed by atoms with E-state index >= 15 is 0 Å². The number of aryl methyl sites for hydroxylation is 1. The molecule has 3 heteroatoms. The summed E-state index contributed by atoms with van der Waals surface area (Å²) < 4.78 is 5.68. The quantitative estimate of drug-likeness (QED) is 0.829. The lowest BCUT2D eigenvalue weighted by Gasteiger charge is -2.10. The maximum Gasteiger partial charge on any atom is 0.335 e. The Hall–Kier alpha value is -1.51. The minimum atomic E-state index is -0.904. The number of aromatic carboxylic acids is 1. The van der Waals surface area contributed by atoms with Crippen LogP contribution < -0.4 is 4.74 Å². The Bertz CT molecular complexity index is 394. The summed E-state index contributed by atoms with van der Waals surface area (Å²) in [5.41, 5.74) is 1.37. The summed E-state index contributed by atoms with van der Waals surface area (Å²) in [6, 6.07) is 5.10. The fourth-order valence-electron chi connectivity index (χ4n) is 1.61. The average molecular weight is 220 g/mol. The molecule has 0 aliphatic heterocycles. The second-order valence-corrected chi connectivity index (χ2v) is 4.24. The van der Waals surface area contributed by atoms with Gasteiger partial charge >= 0.3 is 5.97 Å². The Balaban J connectivity index is 2.16. The van der Waals surface area contributed by atoms with E-state index in [1.807, 2.05) is 13.0 Å². The minimum Gasteiger partial charge on any atom is -0.493 e. The van der Waals surface area contributed by atoms with Crippen molar-refractivity contribution in [3.63, 3.8) is 0 Å². The van der Waals surface area contributed by atoms with Crippen molar-refractivity contribution in [3.8, 4) is 5.75 Å². The molecule has 1 aliphatic rings. The number of carbonyl (C=O) groups is 1. The number of ether oxygens (including phenoxy) is 1. The van der Waals surface area contributed by atoms with Gasteiger partial charge < -0.3 is 9.84 Å². The zero-order chi connectivity index (χ0) is 11.5. The second-order valence-electron chi connectivity index (χ2n) is 4.24. The molecule has 16 heavy (non-hydrogen) atoms. The Morgan fingerprint density at radius 2 is 2.25 bits per heavy atom. The highest BCUT2D eigenvalue weighted by Gasteiger charge is 2.22. The molecule has 1 aromatic rings. The smallest absolute Gasteiger partial charge is 0.335 e. The highest BCUT2D eigenvalue weighted by Crippen LogP contribution is 2.30. The summed E-state index contributed by atoms with van der Waals surface area (Å²) in [6.45, 7) is 2.76. The highest BCUT2D eigenvalue weighted by atomic mass is 16.5. The summed E-state index contributed by atoms with van der Waals surface area (Å²) in [5, 5.41) is 8.91. The lowest BCUT2D eigenvalue weighted by Crippen LogP contribution is -2.04. The number of carboxylic acid groups (broad SMARTS) is 1. The largest absolute Gasteiger partial charge is 0.493 e. The van der Waals surface area contributed by atoms with Crippen molar-refractivity contribution in [1.29, 1.82) is 0 Å². The summed E-state index contributed by atoms with van der Waals surface area (Å²) in [6.07, 6.45) is 3.33. The summed E-state index contributed by atoms with van der Waals surface area (Å²) >= 11 is 0. The maximum atomic E-state index is 10.8. The SMILES string of the molecule is CCc1ccc(C(=O)O)cc1OCC1CC1. The summed E-state index contributed by atoms with van der Waals surface area (Å²) in [4.78, 5) is 10.8. The molecule has 0 spiro atoms. The number of carboxylic acids is 1. The van der Waals surface area contributed by atoms with Crippen LogP contribution in [0.3, 0.4) is 0 Å². The third kappa shape index (κ3) is 2.54. The summed E-state index contributed by atoms with van der Waals surface area (Å²) in [7, 11) is 0. The van der Waals surface area contributed by atoms with Gasteiger partial charge in [-0.05, 0) is 42.9 Å². The van der Waals surface area contributed by atoms with Crippen LogP contribution in [0.4, 0.5) is 0 Å². The van der Waals surface area contributed by atoms with E-state index < -0.39 is 5.97 Å². The van der Waals surface area contributed by atoms with Gasteiger partial charge in [0.15, 0.2) is 0 Å². The van der Waals surface area contributed by atoms with Crippen molar-refractivity contribution in [3.05, 3.63) is 29.3 Å². The fraction of sp³-hybridized carbons (Fsp3) is 0.462. The molecular formula is C13H16O3. The first-order valence-corrected chi connectivity index (χ1v) is 5.69. The predicted octanol–water partition coefficient (Wildman–Crippen LogP) is 2.74. The molecule has 1 N–H and O–H groups in total. The van der Waals surface area contributed by atoms with E-state index in [4.69, 9.17) is 9.84 Å². The van der Waals surface area contributed by atoms with Crippen LogP contribution in [0.5, 0.6) is 5.75 Å². The van der Waals surface area contributed by atoms with Crippen LogP contribution in [0, 0.1) is 5.92 Å². The van der Waals surface area contributed by atoms with Crippen LogP contribution in [0.25, 0.3) is 0 Å². The monoisotopic (exact) mass is 220 g/mol. The van der Waals surface area contributed by atoms with Crippen molar-refractivity contribution >= 4 is 5.97 Å². The van der Waals surface area contributed by atoms with Gasteiger partial charge in [-0.2, -0.15) is 0 Å². The molecule has 0 radical (unpaired) electrons. The fourth-order valence-corrected chi connectivity index (χ4v) is 1.61. The van der Waals surface area contributed by atoms with E-state index in [-0.39, 0.29) is 0 Å². The number of hydrogen-bond acceptors (Lipinski definition) is 2. The van der Waals surface area contributed by atoms with Gasteiger partial charge in [-0.15, -0.1) is 0 Å². The van der Waals surface area contributed by atoms with Gasteiger partial charge in [-0.3, -0.25) is 0 Å². The van der Waals surface area contributed by atoms with Gasteiger partial charge in [0.05, 0.1) is 12.2 Å². The average Bonchev–Trinajstić information content (AvgIpc) is 3.09. The Labute approximate surface area is 95.0 Å². The molecule has 0 heterocycles. The molecule has 1 fully saturated rings. The molecule has 1 saturated carbocycles. The minimum absolute atomic E-state index is 0.294. The molecule has 0 unspecified atom stereocenters. The molecule has 0 amide bonds. The van der Waals surface area contributed by atoms with E-state index in [1.54, 1.807) is 12.1 Å². The predicted molar refractivity (Wildman–Crippen MR) is 61.0 cm³/mol. The second kappa shape index (κ2) is 4.56. The molecule has 86 valence electrons. The number of hydrogen-bond donors (Lipinski definition) is 1. The van der Waals surface area contributed by atoms with Gasteiger partial charge in [0.2, 0.25) is 0 Å². The topological polar surface area (TPSA) is 46.5 Å². The van der Waals surface area contributed by atoms with Gasteiger partial charge in [0.1, 0.15) is 5.75 Å². The van der Waals surface area contributed by atoms with Crippen LogP contribution in [0.2, 0.25) is 0 Å². The van der Waals surface area contributed by atoms with Crippen LogP contribution in [-0.2, 0) is 6.42 Å². The Morgan fingerprint density at radius 1 is 1.50 bits per heavy atom. The normalized spacial score (nSPS) is 14.8. The van der Waals surface area contributed by atoms with E-state index in [2.05, 4.69) is 0 Å². The third-order valence-corrected chi connectivity index (χ3v) is 2.87. The van der Waals surface area contributed by atoms with E-state index in [0.29, 0.717) is 11.5 Å². The Kier molecular flexibility index (Phi) is 3.13. The van der Waals surface area contributed by atoms with Gasteiger partial charge in [-0.25, -0.2) is 4.79 Å². The van der Waals surface area contributed by atoms with Crippen LogP contribution in [-0.4, -0.2) is 17.7 Å². The molecule has 0 atom stereocenters. The summed E-state index contributed by atoms with van der Waals surface area (Å²) in [5.74, 6) is 0.506.